The maximum atomic E-state index is 5.34. The van der Waals surface area contributed by atoms with Crippen molar-refractivity contribution in [2.75, 3.05) is 13.7 Å². The van der Waals surface area contributed by atoms with Gasteiger partial charge in [0.25, 0.3) is 0 Å². The van der Waals surface area contributed by atoms with E-state index in [-0.39, 0.29) is 12.4 Å². The Bertz CT molecular complexity index is 498. The van der Waals surface area contributed by atoms with Gasteiger partial charge in [0.2, 0.25) is 0 Å². The second-order valence-corrected chi connectivity index (χ2v) is 4.18. The van der Waals surface area contributed by atoms with Crippen LogP contribution in [0.15, 0.2) is 52.1 Å². The molecule has 2 aliphatic heterocycles. The smallest absolute Gasteiger partial charge is 0.102 e. The lowest BCUT2D eigenvalue weighted by molar-refractivity contribution is 0.285. The van der Waals surface area contributed by atoms with Crippen molar-refractivity contribution in [1.29, 1.82) is 0 Å². The van der Waals surface area contributed by atoms with Gasteiger partial charge in [-0.2, -0.15) is 0 Å². The number of rotatable bonds is 1. The SMILES string of the molecule is COC1=CC2=C3C(=NC(C)=CN3CC=C2)C1.Cl. The Balaban J connectivity index is 0.00000108. The molecule has 0 aromatic heterocycles. The Labute approximate surface area is 107 Å². The predicted octanol–water partition coefficient (Wildman–Crippen LogP) is 2.78. The van der Waals surface area contributed by atoms with Gasteiger partial charge in [-0.1, -0.05) is 12.2 Å². The van der Waals surface area contributed by atoms with Gasteiger partial charge < -0.3 is 9.64 Å². The van der Waals surface area contributed by atoms with Crippen LogP contribution in [0.5, 0.6) is 0 Å². The number of hydrogen-bond donors (Lipinski definition) is 0. The summed E-state index contributed by atoms with van der Waals surface area (Å²) in [5.74, 6) is 0.985. The van der Waals surface area contributed by atoms with Crippen LogP contribution in [0.25, 0.3) is 0 Å². The average molecular weight is 251 g/mol. The molecule has 3 nitrogen and oxygen atoms in total. The Hall–Kier alpha value is -1.48. The number of hydrogen-bond acceptors (Lipinski definition) is 3. The molecule has 0 unspecified atom stereocenters. The van der Waals surface area contributed by atoms with Crippen molar-refractivity contribution in [3.05, 3.63) is 47.2 Å². The fourth-order valence-corrected chi connectivity index (χ4v) is 2.36. The largest absolute Gasteiger partial charge is 0.501 e. The standard InChI is InChI=1S/C13H14N2O.ClH/c1-9-8-15-5-3-4-10-6-11(16-2)7-12(14-9)13(10)15;/h3-4,6,8H,5,7H2,1-2H3;1H. The summed E-state index contributed by atoms with van der Waals surface area (Å²) in [7, 11) is 1.72. The number of aliphatic imine (C=N–C) groups is 1. The highest BCUT2D eigenvalue weighted by atomic mass is 35.5. The Morgan fingerprint density at radius 1 is 1.41 bits per heavy atom. The van der Waals surface area contributed by atoms with Crippen LogP contribution >= 0.6 is 12.4 Å². The lowest BCUT2D eigenvalue weighted by atomic mass is 9.95. The molecule has 0 saturated heterocycles. The van der Waals surface area contributed by atoms with Crippen molar-refractivity contribution in [2.24, 2.45) is 4.99 Å². The molecule has 0 amide bonds. The third-order valence-electron chi connectivity index (χ3n) is 3.01. The van der Waals surface area contributed by atoms with Crippen molar-refractivity contribution in [1.82, 2.24) is 4.90 Å². The first kappa shape index (κ1) is 12.0. The van der Waals surface area contributed by atoms with E-state index in [1.54, 1.807) is 7.11 Å². The quantitative estimate of drug-likeness (QED) is 0.715. The van der Waals surface area contributed by atoms with E-state index in [0.29, 0.717) is 0 Å². The Morgan fingerprint density at radius 3 is 3.00 bits per heavy atom. The molecule has 0 radical (unpaired) electrons. The van der Waals surface area contributed by atoms with Gasteiger partial charge in [0.05, 0.1) is 24.2 Å². The zero-order valence-corrected chi connectivity index (χ0v) is 10.8. The zero-order chi connectivity index (χ0) is 11.1. The van der Waals surface area contributed by atoms with Gasteiger partial charge in [-0.25, -0.2) is 0 Å². The maximum absolute atomic E-state index is 5.34. The second kappa shape index (κ2) is 4.41. The van der Waals surface area contributed by atoms with Gasteiger partial charge in [0.1, 0.15) is 5.76 Å². The molecule has 3 rings (SSSR count). The fourth-order valence-electron chi connectivity index (χ4n) is 2.36. The molecule has 0 bridgehead atoms. The zero-order valence-electron chi connectivity index (χ0n) is 9.93. The highest BCUT2D eigenvalue weighted by Crippen LogP contribution is 2.32. The summed E-state index contributed by atoms with van der Waals surface area (Å²) < 4.78 is 5.34. The number of halogens is 1. The van der Waals surface area contributed by atoms with Crippen LogP contribution < -0.4 is 0 Å². The Morgan fingerprint density at radius 2 is 2.24 bits per heavy atom. The fraction of sp³-hybridized carbons (Fsp3) is 0.308. The van der Waals surface area contributed by atoms with E-state index < -0.39 is 0 Å². The van der Waals surface area contributed by atoms with Gasteiger partial charge in [-0.15, -0.1) is 12.4 Å². The van der Waals surface area contributed by atoms with Crippen LogP contribution in [-0.4, -0.2) is 24.3 Å². The number of nitrogens with zero attached hydrogens (tertiary/aromatic N) is 2. The molecule has 0 fully saturated rings. The molecule has 0 spiro atoms. The normalized spacial score (nSPS) is 21.1. The summed E-state index contributed by atoms with van der Waals surface area (Å²) in [5.41, 5.74) is 4.63. The lowest BCUT2D eigenvalue weighted by Crippen LogP contribution is -2.31. The van der Waals surface area contributed by atoms with Crippen LogP contribution in [0, 0.1) is 0 Å². The molecule has 0 N–H and O–H groups in total. The van der Waals surface area contributed by atoms with E-state index in [2.05, 4.69) is 34.3 Å². The first-order valence-electron chi connectivity index (χ1n) is 5.46. The van der Waals surface area contributed by atoms with E-state index in [1.807, 2.05) is 6.92 Å². The summed E-state index contributed by atoms with van der Waals surface area (Å²) in [5, 5.41) is 0. The van der Waals surface area contributed by atoms with Gasteiger partial charge in [-0.3, -0.25) is 4.99 Å². The van der Waals surface area contributed by atoms with Crippen molar-refractivity contribution in [2.45, 2.75) is 13.3 Å². The van der Waals surface area contributed by atoms with Gasteiger partial charge in [0, 0.05) is 24.7 Å². The predicted molar refractivity (Wildman–Crippen MR) is 71.0 cm³/mol. The highest BCUT2D eigenvalue weighted by Gasteiger charge is 2.27. The van der Waals surface area contributed by atoms with E-state index in [1.165, 1.54) is 11.3 Å². The summed E-state index contributed by atoms with van der Waals surface area (Å²) in [6.45, 7) is 2.97. The van der Waals surface area contributed by atoms with E-state index in [4.69, 9.17) is 4.74 Å². The van der Waals surface area contributed by atoms with Crippen LogP contribution in [0.3, 0.4) is 0 Å². The van der Waals surface area contributed by atoms with Crippen molar-refractivity contribution < 1.29 is 4.74 Å². The van der Waals surface area contributed by atoms with Crippen LogP contribution in [0.1, 0.15) is 13.3 Å². The minimum Gasteiger partial charge on any atom is -0.501 e. The molecule has 1 aliphatic carbocycles. The van der Waals surface area contributed by atoms with Crippen molar-refractivity contribution in [3.8, 4) is 0 Å². The first-order chi connectivity index (χ1) is 7.78. The van der Waals surface area contributed by atoms with Crippen LogP contribution in [-0.2, 0) is 4.74 Å². The molecule has 4 heteroatoms. The van der Waals surface area contributed by atoms with E-state index in [9.17, 15) is 0 Å². The Kier molecular flexibility index (Phi) is 3.11. The summed E-state index contributed by atoms with van der Waals surface area (Å²) in [4.78, 5) is 6.87. The molecule has 0 saturated carbocycles. The summed E-state index contributed by atoms with van der Waals surface area (Å²) in [6, 6.07) is 0. The molecule has 90 valence electrons. The third-order valence-corrected chi connectivity index (χ3v) is 3.01. The monoisotopic (exact) mass is 250 g/mol. The molecular weight excluding hydrogens is 236 g/mol. The number of methoxy groups -OCH3 is 1. The minimum absolute atomic E-state index is 0. The second-order valence-electron chi connectivity index (χ2n) is 4.18. The molecule has 0 aromatic rings. The third kappa shape index (κ3) is 1.91. The molecular formula is C13H15ClN2O. The molecule has 17 heavy (non-hydrogen) atoms. The van der Waals surface area contributed by atoms with Crippen LogP contribution in [0.2, 0.25) is 0 Å². The first-order valence-corrected chi connectivity index (χ1v) is 5.46. The molecule has 3 aliphatic rings. The number of allylic oxidation sites excluding steroid dienone is 6. The molecule has 2 heterocycles. The highest BCUT2D eigenvalue weighted by molar-refractivity contribution is 6.05. The average Bonchev–Trinajstić information content (AvgIpc) is 2.28. The summed E-state index contributed by atoms with van der Waals surface area (Å²) >= 11 is 0. The van der Waals surface area contributed by atoms with Crippen molar-refractivity contribution in [3.63, 3.8) is 0 Å². The molecule has 0 aromatic carbocycles. The molecule has 0 atom stereocenters. The van der Waals surface area contributed by atoms with E-state index >= 15 is 0 Å². The van der Waals surface area contributed by atoms with Gasteiger partial charge in [-0.05, 0) is 13.0 Å². The number of ether oxygens (including phenoxy) is 1. The van der Waals surface area contributed by atoms with Gasteiger partial charge in [0.15, 0.2) is 0 Å². The van der Waals surface area contributed by atoms with Gasteiger partial charge >= 0.3 is 0 Å². The lowest BCUT2D eigenvalue weighted by Gasteiger charge is -2.33. The van der Waals surface area contributed by atoms with Crippen LogP contribution in [0.4, 0.5) is 0 Å². The maximum Gasteiger partial charge on any atom is 0.102 e. The van der Waals surface area contributed by atoms with Crippen molar-refractivity contribution >= 4 is 18.1 Å². The topological polar surface area (TPSA) is 24.8 Å². The summed E-state index contributed by atoms with van der Waals surface area (Å²) in [6.07, 6.45) is 9.32. The van der Waals surface area contributed by atoms with E-state index in [0.717, 1.165) is 30.1 Å². The minimum atomic E-state index is 0.